The van der Waals surface area contributed by atoms with Gasteiger partial charge in [0.25, 0.3) is 0 Å². The van der Waals surface area contributed by atoms with Crippen molar-refractivity contribution in [2.45, 2.75) is 19.4 Å². The first-order chi connectivity index (χ1) is 7.56. The molecular formula is C10H18N2O3S. The van der Waals surface area contributed by atoms with Gasteiger partial charge in [-0.2, -0.15) is 0 Å². The number of furan rings is 1. The normalized spacial score (nSPS) is 12.2. The van der Waals surface area contributed by atoms with Crippen molar-refractivity contribution in [2.75, 3.05) is 19.3 Å². The van der Waals surface area contributed by atoms with E-state index in [4.69, 9.17) is 10.2 Å². The second-order valence-electron chi connectivity index (χ2n) is 3.70. The molecule has 92 valence electrons. The second-order valence-corrected chi connectivity index (χ2v) is 5.89. The molecule has 0 radical (unpaired) electrons. The smallest absolute Gasteiger partial charge is 0.214 e. The van der Waals surface area contributed by atoms with Crippen LogP contribution in [0.2, 0.25) is 0 Å². The van der Waals surface area contributed by atoms with Crippen molar-refractivity contribution < 1.29 is 12.8 Å². The van der Waals surface area contributed by atoms with Crippen molar-refractivity contribution in [2.24, 2.45) is 5.73 Å². The molecule has 1 rings (SSSR count). The number of sulfonamides is 1. The highest BCUT2D eigenvalue weighted by Crippen LogP contribution is 2.09. The zero-order valence-corrected chi connectivity index (χ0v) is 10.2. The lowest BCUT2D eigenvalue weighted by atomic mass is 10.3. The summed E-state index contributed by atoms with van der Waals surface area (Å²) in [5, 5.41) is 0. The molecule has 0 bridgehead atoms. The molecule has 0 unspecified atom stereocenters. The summed E-state index contributed by atoms with van der Waals surface area (Å²) in [5.41, 5.74) is 6.17. The Hall–Kier alpha value is -0.850. The Morgan fingerprint density at radius 1 is 1.44 bits per heavy atom. The zero-order chi connectivity index (χ0) is 12.0. The lowest BCUT2D eigenvalue weighted by molar-refractivity contribution is 0.461. The lowest BCUT2D eigenvalue weighted by Gasteiger charge is -2.15. The van der Waals surface area contributed by atoms with Crippen molar-refractivity contribution in [3.63, 3.8) is 0 Å². The van der Waals surface area contributed by atoms with Crippen LogP contribution in [0.4, 0.5) is 0 Å². The Labute approximate surface area is 96.3 Å². The molecule has 1 aromatic rings. The van der Waals surface area contributed by atoms with Crippen molar-refractivity contribution in [1.29, 1.82) is 0 Å². The fraction of sp³-hybridized carbons (Fsp3) is 0.600. The number of unbranched alkanes of at least 4 members (excludes halogenated alkanes) is 1. The third-order valence-electron chi connectivity index (χ3n) is 2.32. The predicted molar refractivity (Wildman–Crippen MR) is 62.3 cm³/mol. The van der Waals surface area contributed by atoms with Crippen molar-refractivity contribution in [3.8, 4) is 0 Å². The molecule has 1 heterocycles. The second kappa shape index (κ2) is 6.03. The van der Waals surface area contributed by atoms with Crippen LogP contribution in [0.25, 0.3) is 0 Å². The van der Waals surface area contributed by atoms with E-state index in [0.717, 1.165) is 12.0 Å². The van der Waals surface area contributed by atoms with Crippen LogP contribution in [0.1, 0.15) is 18.4 Å². The average Bonchev–Trinajstić information content (AvgIpc) is 2.70. The van der Waals surface area contributed by atoms with Gasteiger partial charge in [-0.15, -0.1) is 0 Å². The van der Waals surface area contributed by atoms with Crippen LogP contribution in [0, 0.1) is 0 Å². The van der Waals surface area contributed by atoms with Crippen molar-refractivity contribution >= 4 is 10.0 Å². The maximum absolute atomic E-state index is 11.8. The van der Waals surface area contributed by atoms with E-state index in [1.807, 2.05) is 0 Å². The van der Waals surface area contributed by atoms with Gasteiger partial charge >= 0.3 is 0 Å². The molecule has 0 aliphatic rings. The topological polar surface area (TPSA) is 76.5 Å². The van der Waals surface area contributed by atoms with Crippen LogP contribution in [0.15, 0.2) is 23.0 Å². The molecule has 0 saturated carbocycles. The quantitative estimate of drug-likeness (QED) is 0.721. The fourth-order valence-electron chi connectivity index (χ4n) is 1.32. The van der Waals surface area contributed by atoms with Gasteiger partial charge in [-0.05, 0) is 25.5 Å². The highest BCUT2D eigenvalue weighted by atomic mass is 32.2. The molecule has 0 fully saturated rings. The Balaban J connectivity index is 2.48. The summed E-state index contributed by atoms with van der Waals surface area (Å²) >= 11 is 0. The highest BCUT2D eigenvalue weighted by molar-refractivity contribution is 7.89. The summed E-state index contributed by atoms with van der Waals surface area (Å²) in [5.74, 6) is 0.151. The van der Waals surface area contributed by atoms with E-state index in [2.05, 4.69) is 0 Å². The predicted octanol–water partition coefficient (Wildman–Crippen LogP) is 0.780. The first-order valence-corrected chi connectivity index (χ1v) is 6.82. The van der Waals surface area contributed by atoms with Crippen molar-refractivity contribution in [3.05, 3.63) is 24.2 Å². The molecular weight excluding hydrogens is 228 g/mol. The Kier molecular flexibility index (Phi) is 4.98. The number of hydrogen-bond acceptors (Lipinski definition) is 4. The van der Waals surface area contributed by atoms with E-state index >= 15 is 0 Å². The minimum atomic E-state index is -3.17. The summed E-state index contributed by atoms with van der Waals surface area (Å²) in [6, 6.07) is 1.76. The van der Waals surface area contributed by atoms with Gasteiger partial charge in [0.1, 0.15) is 0 Å². The molecule has 0 aromatic carbocycles. The molecule has 0 spiro atoms. The van der Waals surface area contributed by atoms with Gasteiger partial charge in [0.2, 0.25) is 10.0 Å². The van der Waals surface area contributed by atoms with Crippen LogP contribution in [0.3, 0.4) is 0 Å². The third-order valence-corrected chi connectivity index (χ3v) is 4.20. The Morgan fingerprint density at radius 3 is 2.75 bits per heavy atom. The average molecular weight is 246 g/mol. The molecule has 6 heteroatoms. The third kappa shape index (κ3) is 3.96. The maximum Gasteiger partial charge on any atom is 0.214 e. The largest absolute Gasteiger partial charge is 0.472 e. The zero-order valence-electron chi connectivity index (χ0n) is 9.43. The van der Waals surface area contributed by atoms with Crippen LogP contribution < -0.4 is 5.73 Å². The molecule has 2 N–H and O–H groups in total. The SMILES string of the molecule is CN(Cc1ccoc1)S(=O)(=O)CCCCN. The summed E-state index contributed by atoms with van der Waals surface area (Å²) in [6.45, 7) is 0.877. The van der Waals surface area contributed by atoms with Gasteiger partial charge in [-0.3, -0.25) is 0 Å². The first-order valence-electron chi connectivity index (χ1n) is 5.21. The highest BCUT2D eigenvalue weighted by Gasteiger charge is 2.17. The van der Waals surface area contributed by atoms with Crippen LogP contribution in [-0.2, 0) is 16.6 Å². The van der Waals surface area contributed by atoms with E-state index in [1.54, 1.807) is 19.4 Å². The Bertz CT molecular complexity index is 386. The minimum Gasteiger partial charge on any atom is -0.472 e. The fourth-order valence-corrected chi connectivity index (χ4v) is 2.55. The van der Waals surface area contributed by atoms with Gasteiger partial charge in [0, 0.05) is 19.2 Å². The molecule has 16 heavy (non-hydrogen) atoms. The number of hydrogen-bond donors (Lipinski definition) is 1. The summed E-state index contributed by atoms with van der Waals surface area (Å²) in [4.78, 5) is 0. The number of nitrogens with two attached hydrogens (primary N) is 1. The van der Waals surface area contributed by atoms with E-state index < -0.39 is 10.0 Å². The van der Waals surface area contributed by atoms with E-state index in [0.29, 0.717) is 19.5 Å². The standard InChI is InChI=1S/C10H18N2O3S/c1-12(8-10-4-6-15-9-10)16(13,14)7-3-2-5-11/h4,6,9H,2-3,5,7-8,11H2,1H3. The van der Waals surface area contributed by atoms with Gasteiger partial charge in [0.15, 0.2) is 0 Å². The molecule has 1 aromatic heterocycles. The summed E-state index contributed by atoms with van der Waals surface area (Å²) < 4.78 is 29.8. The summed E-state index contributed by atoms with van der Waals surface area (Å²) in [6.07, 6.45) is 4.42. The molecule has 0 aliphatic carbocycles. The van der Waals surface area contributed by atoms with E-state index in [9.17, 15) is 8.42 Å². The van der Waals surface area contributed by atoms with Gasteiger partial charge < -0.3 is 10.2 Å². The minimum absolute atomic E-state index is 0.151. The maximum atomic E-state index is 11.8. The van der Waals surface area contributed by atoms with Crippen molar-refractivity contribution in [1.82, 2.24) is 4.31 Å². The van der Waals surface area contributed by atoms with Gasteiger partial charge in [-0.25, -0.2) is 12.7 Å². The van der Waals surface area contributed by atoms with Gasteiger partial charge in [-0.1, -0.05) is 0 Å². The molecule has 0 amide bonds. The number of nitrogens with zero attached hydrogens (tertiary/aromatic N) is 1. The van der Waals surface area contributed by atoms with Crippen LogP contribution >= 0.6 is 0 Å². The van der Waals surface area contributed by atoms with Crippen LogP contribution in [-0.4, -0.2) is 32.1 Å². The molecule has 0 aliphatic heterocycles. The molecule has 0 saturated heterocycles. The first kappa shape index (κ1) is 13.2. The molecule has 5 nitrogen and oxygen atoms in total. The number of rotatable bonds is 7. The van der Waals surface area contributed by atoms with Crippen LogP contribution in [0.5, 0.6) is 0 Å². The Morgan fingerprint density at radius 2 is 2.19 bits per heavy atom. The lowest BCUT2D eigenvalue weighted by Crippen LogP contribution is -2.28. The van der Waals surface area contributed by atoms with Gasteiger partial charge in [0.05, 0.1) is 18.3 Å². The van der Waals surface area contributed by atoms with E-state index in [-0.39, 0.29) is 5.75 Å². The monoisotopic (exact) mass is 246 g/mol. The molecule has 0 atom stereocenters. The van der Waals surface area contributed by atoms with E-state index in [1.165, 1.54) is 10.6 Å². The summed E-state index contributed by atoms with van der Waals surface area (Å²) in [7, 11) is -1.60.